The van der Waals surface area contributed by atoms with E-state index in [9.17, 15) is 0 Å². The van der Waals surface area contributed by atoms with Gasteiger partial charge in [0, 0.05) is 0 Å². The fraction of sp³-hybridized carbons (Fsp3) is 0.500. The van der Waals surface area contributed by atoms with Crippen molar-refractivity contribution < 1.29 is 10.0 Å². The van der Waals surface area contributed by atoms with Crippen LogP contribution in [0.3, 0.4) is 0 Å². The number of rotatable bonds is 5. The molecule has 0 fully saturated rings. The second-order valence-corrected chi connectivity index (χ2v) is 3.90. The summed E-state index contributed by atoms with van der Waals surface area (Å²) >= 11 is 0. The van der Waals surface area contributed by atoms with Crippen molar-refractivity contribution in [3.05, 3.63) is 29.3 Å². The van der Waals surface area contributed by atoms with Crippen LogP contribution in [-0.2, 0) is 12.8 Å². The lowest BCUT2D eigenvalue weighted by molar-refractivity contribution is 0.425. The Balaban J connectivity index is 2.97. The van der Waals surface area contributed by atoms with Gasteiger partial charge in [0.2, 0.25) is 0 Å². The molecule has 0 unspecified atom stereocenters. The van der Waals surface area contributed by atoms with Crippen LogP contribution in [0.15, 0.2) is 18.2 Å². The molecule has 1 aromatic carbocycles. The molecule has 1 aromatic rings. The van der Waals surface area contributed by atoms with Crippen LogP contribution in [0.2, 0.25) is 0 Å². The lowest BCUT2D eigenvalue weighted by Gasteiger charge is -2.10. The Kier molecular flexibility index (Phi) is 4.86. The highest BCUT2D eigenvalue weighted by molar-refractivity contribution is 6.58. The molecule has 0 saturated heterocycles. The third kappa shape index (κ3) is 3.36. The van der Waals surface area contributed by atoms with E-state index in [0.717, 1.165) is 25.7 Å². The highest BCUT2D eigenvalue weighted by Gasteiger charge is 2.12. The van der Waals surface area contributed by atoms with E-state index in [1.807, 2.05) is 12.1 Å². The summed E-state index contributed by atoms with van der Waals surface area (Å²) in [5, 5.41) is 18.2. The molecule has 0 aliphatic heterocycles. The summed E-state index contributed by atoms with van der Waals surface area (Å²) in [6, 6.07) is 5.73. The number of hydrogen-bond donors (Lipinski definition) is 2. The summed E-state index contributed by atoms with van der Waals surface area (Å²) < 4.78 is 0. The Morgan fingerprint density at radius 3 is 2.13 bits per heavy atom. The van der Waals surface area contributed by atoms with Crippen LogP contribution in [0, 0.1) is 0 Å². The van der Waals surface area contributed by atoms with Crippen molar-refractivity contribution in [2.75, 3.05) is 0 Å². The molecule has 15 heavy (non-hydrogen) atoms. The zero-order valence-electron chi connectivity index (χ0n) is 9.53. The summed E-state index contributed by atoms with van der Waals surface area (Å²) in [6.45, 7) is 4.29. The number of benzene rings is 1. The topological polar surface area (TPSA) is 40.5 Å². The van der Waals surface area contributed by atoms with Gasteiger partial charge in [-0.15, -0.1) is 0 Å². The highest BCUT2D eigenvalue weighted by Crippen LogP contribution is 2.12. The van der Waals surface area contributed by atoms with E-state index in [4.69, 9.17) is 10.0 Å². The maximum absolute atomic E-state index is 9.09. The Morgan fingerprint density at radius 2 is 1.60 bits per heavy atom. The molecule has 0 heterocycles. The van der Waals surface area contributed by atoms with Crippen LogP contribution in [0.1, 0.15) is 37.8 Å². The SMILES string of the molecule is CCCc1ccc(B(O)O)cc1CCC. The summed E-state index contributed by atoms with van der Waals surface area (Å²) in [5.41, 5.74) is 3.19. The molecular weight excluding hydrogens is 187 g/mol. The van der Waals surface area contributed by atoms with Crippen LogP contribution < -0.4 is 5.46 Å². The molecule has 0 aliphatic rings. The van der Waals surface area contributed by atoms with Gasteiger partial charge in [-0.2, -0.15) is 0 Å². The van der Waals surface area contributed by atoms with Crippen LogP contribution in [0.4, 0.5) is 0 Å². The van der Waals surface area contributed by atoms with Crippen molar-refractivity contribution in [1.29, 1.82) is 0 Å². The summed E-state index contributed by atoms with van der Waals surface area (Å²) in [7, 11) is -1.35. The van der Waals surface area contributed by atoms with Gasteiger partial charge < -0.3 is 10.0 Å². The average Bonchev–Trinajstić information content (AvgIpc) is 2.21. The molecule has 82 valence electrons. The molecule has 0 radical (unpaired) electrons. The summed E-state index contributed by atoms with van der Waals surface area (Å²) in [5.74, 6) is 0. The van der Waals surface area contributed by atoms with Crippen molar-refractivity contribution in [2.24, 2.45) is 0 Å². The maximum Gasteiger partial charge on any atom is 0.488 e. The third-order valence-corrected chi connectivity index (χ3v) is 2.57. The van der Waals surface area contributed by atoms with E-state index >= 15 is 0 Å². The molecule has 0 aromatic heterocycles. The van der Waals surface area contributed by atoms with E-state index in [2.05, 4.69) is 13.8 Å². The first kappa shape index (κ1) is 12.3. The molecule has 0 amide bonds. The molecular formula is C12H19BO2. The predicted molar refractivity (Wildman–Crippen MR) is 64.3 cm³/mol. The fourth-order valence-electron chi connectivity index (χ4n) is 1.82. The molecule has 2 nitrogen and oxygen atoms in total. The van der Waals surface area contributed by atoms with E-state index in [1.54, 1.807) is 6.07 Å². The Morgan fingerprint density at radius 1 is 1.00 bits per heavy atom. The lowest BCUT2D eigenvalue weighted by atomic mass is 9.78. The Hall–Kier alpha value is -0.795. The Labute approximate surface area is 92.1 Å². The molecule has 3 heteroatoms. The molecule has 0 saturated carbocycles. The van der Waals surface area contributed by atoms with Gasteiger partial charge in [0.25, 0.3) is 0 Å². The number of hydrogen-bond acceptors (Lipinski definition) is 2. The third-order valence-electron chi connectivity index (χ3n) is 2.57. The van der Waals surface area contributed by atoms with Gasteiger partial charge in [-0.05, 0) is 29.4 Å². The van der Waals surface area contributed by atoms with Gasteiger partial charge in [0.05, 0.1) is 0 Å². The highest BCUT2D eigenvalue weighted by atomic mass is 16.4. The molecule has 0 bridgehead atoms. The van der Waals surface area contributed by atoms with Crippen LogP contribution in [0.25, 0.3) is 0 Å². The van der Waals surface area contributed by atoms with Crippen LogP contribution >= 0.6 is 0 Å². The molecule has 0 aliphatic carbocycles. The second-order valence-electron chi connectivity index (χ2n) is 3.90. The summed E-state index contributed by atoms with van der Waals surface area (Å²) in [4.78, 5) is 0. The second kappa shape index (κ2) is 5.94. The quantitative estimate of drug-likeness (QED) is 0.712. The van der Waals surface area contributed by atoms with Crippen LogP contribution in [0.5, 0.6) is 0 Å². The van der Waals surface area contributed by atoms with Crippen molar-refractivity contribution in [3.8, 4) is 0 Å². The summed E-state index contributed by atoms with van der Waals surface area (Å²) in [6.07, 6.45) is 4.28. The standard InChI is InChI=1S/C12H19BO2/c1-3-5-10-7-8-12(13(14)15)9-11(10)6-4-2/h7-9,14-15H,3-6H2,1-2H3. The maximum atomic E-state index is 9.09. The molecule has 0 spiro atoms. The molecule has 2 N–H and O–H groups in total. The fourth-order valence-corrected chi connectivity index (χ4v) is 1.82. The average molecular weight is 206 g/mol. The van der Waals surface area contributed by atoms with E-state index in [1.165, 1.54) is 11.1 Å². The van der Waals surface area contributed by atoms with Gasteiger partial charge in [-0.3, -0.25) is 0 Å². The normalized spacial score (nSPS) is 10.4. The minimum atomic E-state index is -1.35. The smallest absolute Gasteiger partial charge is 0.423 e. The van der Waals surface area contributed by atoms with Crippen molar-refractivity contribution >= 4 is 12.6 Å². The lowest BCUT2D eigenvalue weighted by Crippen LogP contribution is -2.30. The molecule has 1 rings (SSSR count). The van der Waals surface area contributed by atoms with Gasteiger partial charge >= 0.3 is 7.12 Å². The first-order chi connectivity index (χ1) is 7.19. The van der Waals surface area contributed by atoms with Gasteiger partial charge in [0.1, 0.15) is 0 Å². The van der Waals surface area contributed by atoms with Crippen molar-refractivity contribution in [1.82, 2.24) is 0 Å². The van der Waals surface area contributed by atoms with Gasteiger partial charge in [-0.1, -0.05) is 44.9 Å². The first-order valence-electron chi connectivity index (χ1n) is 5.66. The molecule has 0 atom stereocenters. The van der Waals surface area contributed by atoms with E-state index in [-0.39, 0.29) is 0 Å². The van der Waals surface area contributed by atoms with Crippen LogP contribution in [-0.4, -0.2) is 17.2 Å². The minimum Gasteiger partial charge on any atom is -0.423 e. The van der Waals surface area contributed by atoms with Gasteiger partial charge in [0.15, 0.2) is 0 Å². The number of aryl methyl sites for hydroxylation is 2. The monoisotopic (exact) mass is 206 g/mol. The largest absolute Gasteiger partial charge is 0.488 e. The zero-order chi connectivity index (χ0) is 11.3. The van der Waals surface area contributed by atoms with E-state index < -0.39 is 7.12 Å². The van der Waals surface area contributed by atoms with Crippen molar-refractivity contribution in [3.63, 3.8) is 0 Å². The zero-order valence-corrected chi connectivity index (χ0v) is 9.53. The van der Waals surface area contributed by atoms with Gasteiger partial charge in [-0.25, -0.2) is 0 Å². The first-order valence-corrected chi connectivity index (χ1v) is 5.66. The Bertz CT molecular complexity index is 310. The minimum absolute atomic E-state index is 0.596. The van der Waals surface area contributed by atoms with Crippen molar-refractivity contribution in [2.45, 2.75) is 39.5 Å². The van der Waals surface area contributed by atoms with E-state index in [0.29, 0.717) is 5.46 Å². The predicted octanol–water partition coefficient (Wildman–Crippen LogP) is 1.27.